The van der Waals surface area contributed by atoms with Crippen molar-refractivity contribution < 1.29 is 29.4 Å². The number of hydrogen-bond acceptors (Lipinski definition) is 7. The zero-order valence-corrected chi connectivity index (χ0v) is 17.9. The summed E-state index contributed by atoms with van der Waals surface area (Å²) >= 11 is 0. The Kier molecular flexibility index (Phi) is 7.80. The number of nitrogens with one attached hydrogen (secondary N) is 4. The fraction of sp³-hybridized carbons (Fsp3) is 0.650. The van der Waals surface area contributed by atoms with Crippen molar-refractivity contribution in [3.05, 3.63) is 18.2 Å². The first-order chi connectivity index (χ1) is 15.3. The normalized spacial score (nSPS) is 23.4. The van der Waals surface area contributed by atoms with Gasteiger partial charge in [-0.15, -0.1) is 0 Å². The van der Waals surface area contributed by atoms with Gasteiger partial charge in [0.05, 0.1) is 18.5 Å². The first-order valence-corrected chi connectivity index (χ1v) is 10.8. The Balaban J connectivity index is 1.64. The average Bonchev–Trinajstić information content (AvgIpc) is 3.52. The molecule has 5 unspecified atom stereocenters. The Labute approximate surface area is 185 Å². The second kappa shape index (κ2) is 10.6. The number of carbonyl (C=O) groups excluding carboxylic acids is 3. The maximum Gasteiger partial charge on any atom is 0.326 e. The molecule has 0 saturated carbocycles. The molecule has 2 saturated heterocycles. The summed E-state index contributed by atoms with van der Waals surface area (Å²) < 4.78 is 0. The molecule has 32 heavy (non-hydrogen) atoms. The average molecular weight is 450 g/mol. The molecule has 6 N–H and O–H groups in total. The molecule has 0 aliphatic carbocycles. The van der Waals surface area contributed by atoms with E-state index in [1.54, 1.807) is 0 Å². The molecule has 0 radical (unpaired) electrons. The predicted molar refractivity (Wildman–Crippen MR) is 111 cm³/mol. The minimum atomic E-state index is -1.37. The SMILES string of the molecule is CC(O)C(NC(=O)C1CCCN1C(=O)C1CCCN1)C(=O)NC(Cc1cnc[nH]1)C(=O)O. The van der Waals surface area contributed by atoms with E-state index < -0.39 is 42.0 Å². The van der Waals surface area contributed by atoms with Crippen molar-refractivity contribution >= 4 is 23.7 Å². The van der Waals surface area contributed by atoms with E-state index in [0.29, 0.717) is 25.1 Å². The number of amides is 3. The van der Waals surface area contributed by atoms with Crippen molar-refractivity contribution in [3.8, 4) is 0 Å². The number of aliphatic carboxylic acids is 1. The van der Waals surface area contributed by atoms with Gasteiger partial charge in [-0.05, 0) is 39.2 Å². The molecule has 12 nitrogen and oxygen atoms in total. The van der Waals surface area contributed by atoms with Gasteiger partial charge in [-0.3, -0.25) is 14.4 Å². The molecular weight excluding hydrogens is 420 g/mol. The van der Waals surface area contributed by atoms with Crippen LogP contribution in [0.4, 0.5) is 0 Å². The topological polar surface area (TPSA) is 177 Å². The van der Waals surface area contributed by atoms with Crippen molar-refractivity contribution in [2.24, 2.45) is 0 Å². The molecule has 0 bridgehead atoms. The number of imidazole rings is 1. The Morgan fingerprint density at radius 2 is 2.03 bits per heavy atom. The summed E-state index contributed by atoms with van der Waals surface area (Å²) in [6.45, 7) is 2.54. The van der Waals surface area contributed by atoms with E-state index in [2.05, 4.69) is 25.9 Å². The highest BCUT2D eigenvalue weighted by atomic mass is 16.4. The summed E-state index contributed by atoms with van der Waals surface area (Å²) in [4.78, 5) is 58.1. The molecular formula is C20H30N6O6. The van der Waals surface area contributed by atoms with Crippen LogP contribution in [0.15, 0.2) is 12.5 Å². The monoisotopic (exact) mass is 450 g/mol. The molecule has 2 fully saturated rings. The number of H-pyrrole nitrogens is 1. The number of likely N-dealkylation sites (tertiary alicyclic amines) is 1. The van der Waals surface area contributed by atoms with E-state index in [0.717, 1.165) is 19.4 Å². The number of aliphatic hydroxyl groups is 1. The van der Waals surface area contributed by atoms with Crippen LogP contribution in [0.5, 0.6) is 0 Å². The van der Waals surface area contributed by atoms with Crippen molar-refractivity contribution in [1.82, 2.24) is 30.8 Å². The van der Waals surface area contributed by atoms with E-state index in [1.807, 2.05) is 0 Å². The van der Waals surface area contributed by atoms with Crippen LogP contribution in [-0.4, -0.2) is 92.1 Å². The van der Waals surface area contributed by atoms with Crippen LogP contribution in [0.2, 0.25) is 0 Å². The van der Waals surface area contributed by atoms with Crippen LogP contribution in [0.1, 0.15) is 38.3 Å². The van der Waals surface area contributed by atoms with Gasteiger partial charge in [0, 0.05) is 24.9 Å². The Bertz CT molecular complexity index is 823. The highest BCUT2D eigenvalue weighted by Gasteiger charge is 2.40. The number of nitrogens with zero attached hydrogens (tertiary/aromatic N) is 2. The van der Waals surface area contributed by atoms with Gasteiger partial charge in [0.1, 0.15) is 18.1 Å². The van der Waals surface area contributed by atoms with Crippen molar-refractivity contribution in [1.29, 1.82) is 0 Å². The van der Waals surface area contributed by atoms with Crippen LogP contribution in [0.25, 0.3) is 0 Å². The minimum Gasteiger partial charge on any atom is -0.480 e. The van der Waals surface area contributed by atoms with Gasteiger partial charge in [-0.25, -0.2) is 9.78 Å². The van der Waals surface area contributed by atoms with Crippen molar-refractivity contribution in [3.63, 3.8) is 0 Å². The number of aromatic nitrogens is 2. The first kappa shape index (κ1) is 23.7. The summed E-state index contributed by atoms with van der Waals surface area (Å²) in [6, 6.07) is -3.69. The van der Waals surface area contributed by atoms with Crippen molar-refractivity contribution in [2.75, 3.05) is 13.1 Å². The lowest BCUT2D eigenvalue weighted by Gasteiger charge is -2.29. The summed E-state index contributed by atoms with van der Waals surface area (Å²) in [5.41, 5.74) is 0.510. The molecule has 0 spiro atoms. The van der Waals surface area contributed by atoms with Gasteiger partial charge in [0.15, 0.2) is 0 Å². The fourth-order valence-electron chi connectivity index (χ4n) is 4.13. The standard InChI is InChI=1S/C20H30N6O6/c1-11(27)16(18(29)24-14(20(31)32)8-12-9-21-10-23-12)25-17(28)15-5-3-7-26(15)19(30)13-4-2-6-22-13/h9-11,13-16,22,27H,2-8H2,1H3,(H,21,23)(H,24,29)(H,25,28)(H,31,32). The molecule has 176 valence electrons. The molecule has 2 aliphatic rings. The molecule has 1 aromatic rings. The van der Waals surface area contributed by atoms with Gasteiger partial charge in [-0.2, -0.15) is 0 Å². The van der Waals surface area contributed by atoms with Crippen LogP contribution in [0.3, 0.4) is 0 Å². The molecule has 3 rings (SSSR count). The van der Waals surface area contributed by atoms with Gasteiger partial charge in [-0.1, -0.05) is 0 Å². The molecule has 2 aliphatic heterocycles. The van der Waals surface area contributed by atoms with E-state index in [1.165, 1.54) is 24.3 Å². The van der Waals surface area contributed by atoms with Gasteiger partial charge >= 0.3 is 5.97 Å². The van der Waals surface area contributed by atoms with Crippen LogP contribution >= 0.6 is 0 Å². The highest BCUT2D eigenvalue weighted by molar-refractivity contribution is 5.94. The van der Waals surface area contributed by atoms with Crippen LogP contribution < -0.4 is 16.0 Å². The van der Waals surface area contributed by atoms with E-state index >= 15 is 0 Å². The summed E-state index contributed by atoms with van der Waals surface area (Å²) in [5, 5.41) is 27.5. The zero-order valence-electron chi connectivity index (χ0n) is 17.9. The molecule has 3 amide bonds. The van der Waals surface area contributed by atoms with Gasteiger partial charge in [0.2, 0.25) is 17.7 Å². The second-order valence-electron chi connectivity index (χ2n) is 8.25. The number of aromatic amines is 1. The number of carboxylic acids is 1. The summed E-state index contributed by atoms with van der Waals surface area (Å²) in [6.07, 6.45) is 4.25. The molecule has 1 aromatic heterocycles. The predicted octanol–water partition coefficient (Wildman–Crippen LogP) is -1.87. The summed E-state index contributed by atoms with van der Waals surface area (Å²) in [5.74, 6) is -2.77. The third kappa shape index (κ3) is 5.62. The molecule has 5 atom stereocenters. The van der Waals surface area contributed by atoms with E-state index in [-0.39, 0.29) is 18.4 Å². The Hall–Kier alpha value is -2.99. The van der Waals surface area contributed by atoms with Crippen LogP contribution in [-0.2, 0) is 25.6 Å². The molecule has 12 heteroatoms. The third-order valence-corrected chi connectivity index (χ3v) is 5.85. The minimum absolute atomic E-state index is 0.0408. The fourth-order valence-corrected chi connectivity index (χ4v) is 4.13. The highest BCUT2D eigenvalue weighted by Crippen LogP contribution is 2.21. The molecule has 0 aromatic carbocycles. The lowest BCUT2D eigenvalue weighted by Crippen LogP contribution is -2.59. The summed E-state index contributed by atoms with van der Waals surface area (Å²) in [7, 11) is 0. The second-order valence-corrected chi connectivity index (χ2v) is 8.25. The Morgan fingerprint density at radius 3 is 2.62 bits per heavy atom. The zero-order chi connectivity index (χ0) is 23.3. The lowest BCUT2D eigenvalue weighted by atomic mass is 10.1. The lowest BCUT2D eigenvalue weighted by molar-refractivity contribution is -0.144. The quantitative estimate of drug-likeness (QED) is 0.253. The number of carbonyl (C=O) groups is 4. The maximum atomic E-state index is 12.9. The number of hydrogen-bond donors (Lipinski definition) is 6. The van der Waals surface area contributed by atoms with Crippen molar-refractivity contribution in [2.45, 2.75) is 69.3 Å². The molecule has 3 heterocycles. The largest absolute Gasteiger partial charge is 0.480 e. The Morgan fingerprint density at radius 1 is 1.25 bits per heavy atom. The number of aliphatic hydroxyl groups excluding tert-OH is 1. The first-order valence-electron chi connectivity index (χ1n) is 10.8. The smallest absolute Gasteiger partial charge is 0.326 e. The van der Waals surface area contributed by atoms with Gasteiger partial charge < -0.3 is 36.0 Å². The van der Waals surface area contributed by atoms with Crippen LogP contribution in [0, 0.1) is 0 Å². The van der Waals surface area contributed by atoms with Gasteiger partial charge in [0.25, 0.3) is 0 Å². The third-order valence-electron chi connectivity index (χ3n) is 5.85. The maximum absolute atomic E-state index is 12.9. The number of carboxylic acid groups (broad SMARTS) is 1. The van der Waals surface area contributed by atoms with E-state index in [9.17, 15) is 29.4 Å². The number of rotatable bonds is 9. The van der Waals surface area contributed by atoms with E-state index in [4.69, 9.17) is 0 Å².